The molecule has 0 bridgehead atoms. The molecule has 0 aromatic heterocycles. The summed E-state index contributed by atoms with van der Waals surface area (Å²) < 4.78 is 5.86. The Kier molecular flexibility index (Phi) is 46.2. The molecule has 0 aromatic carbocycles. The van der Waals surface area contributed by atoms with Crippen molar-refractivity contribution < 1.29 is 24.5 Å². The van der Waals surface area contributed by atoms with Gasteiger partial charge in [-0.05, 0) is 70.6 Å². The third-order valence-corrected chi connectivity index (χ3v) is 11.3. The Bertz CT molecular complexity index is 1140. The van der Waals surface area contributed by atoms with Crippen LogP contribution in [0.5, 0.6) is 0 Å². The first-order valence-electron chi connectivity index (χ1n) is 25.7. The molecule has 6 nitrogen and oxygen atoms in total. The molecule has 0 heterocycles. The number of unbranched alkanes of at least 4 members (excludes halogenated alkanes) is 22. The number of rotatable bonds is 45. The van der Waals surface area contributed by atoms with E-state index in [1.165, 1.54) is 116 Å². The van der Waals surface area contributed by atoms with Crippen molar-refractivity contribution in [3.05, 3.63) is 72.9 Å². The molecule has 0 aliphatic heterocycles. The average Bonchev–Trinajstić information content (AvgIpc) is 3.25. The van der Waals surface area contributed by atoms with Gasteiger partial charge in [0.2, 0.25) is 5.91 Å². The van der Waals surface area contributed by atoms with Crippen molar-refractivity contribution in [3.63, 3.8) is 0 Å². The molecule has 0 spiro atoms. The van der Waals surface area contributed by atoms with Crippen molar-refractivity contribution in [1.29, 1.82) is 0 Å². The molecule has 0 saturated carbocycles. The number of hydrogen-bond donors (Lipinski definition) is 3. The van der Waals surface area contributed by atoms with Crippen LogP contribution in [0.3, 0.4) is 0 Å². The van der Waals surface area contributed by atoms with Crippen LogP contribution in [0.25, 0.3) is 0 Å². The maximum absolute atomic E-state index is 13.1. The van der Waals surface area contributed by atoms with Crippen LogP contribution < -0.4 is 5.32 Å². The van der Waals surface area contributed by atoms with Gasteiger partial charge in [-0.1, -0.05) is 222 Å². The zero-order valence-electron chi connectivity index (χ0n) is 40.0. The van der Waals surface area contributed by atoms with Crippen molar-refractivity contribution in [2.75, 3.05) is 6.61 Å². The van der Waals surface area contributed by atoms with Gasteiger partial charge in [0.15, 0.2) is 0 Å². The number of nitrogens with one attached hydrogen (secondary N) is 1. The molecule has 0 aliphatic carbocycles. The average molecular weight is 852 g/mol. The zero-order valence-corrected chi connectivity index (χ0v) is 40.0. The Morgan fingerprint density at radius 2 is 0.918 bits per heavy atom. The Morgan fingerprint density at radius 1 is 0.508 bits per heavy atom. The summed E-state index contributed by atoms with van der Waals surface area (Å²) >= 11 is 0. The Morgan fingerprint density at radius 3 is 1.38 bits per heavy atom. The fraction of sp³-hybridized carbons (Fsp3) is 0.745. The van der Waals surface area contributed by atoms with Crippen molar-refractivity contribution >= 4 is 11.9 Å². The lowest BCUT2D eigenvalue weighted by Crippen LogP contribution is -2.46. The minimum Gasteiger partial charge on any atom is -0.461 e. The third-order valence-electron chi connectivity index (χ3n) is 11.3. The number of hydrogen-bond acceptors (Lipinski definition) is 5. The summed E-state index contributed by atoms with van der Waals surface area (Å²) in [5.74, 6) is -0.591. The number of aliphatic hydroxyl groups excluding tert-OH is 2. The van der Waals surface area contributed by atoms with Crippen LogP contribution in [-0.4, -0.2) is 46.9 Å². The molecular formula is C55H97NO5. The summed E-state index contributed by atoms with van der Waals surface area (Å²) in [6.45, 7) is 6.32. The van der Waals surface area contributed by atoms with Crippen LogP contribution in [0, 0.1) is 0 Å². The van der Waals surface area contributed by atoms with Crippen LogP contribution in [0.4, 0.5) is 0 Å². The van der Waals surface area contributed by atoms with Crippen LogP contribution >= 0.6 is 0 Å². The molecular weight excluding hydrogens is 755 g/mol. The third kappa shape index (κ3) is 43.7. The predicted molar refractivity (Wildman–Crippen MR) is 264 cm³/mol. The molecule has 6 heteroatoms. The van der Waals surface area contributed by atoms with E-state index in [0.29, 0.717) is 19.3 Å². The maximum atomic E-state index is 13.1. The standard InChI is InChI=1S/C55H97NO5/c1-4-7-10-13-16-19-21-23-25-26-27-29-31-33-36-39-42-45-48-55(60)61-51(46-43-40-37-35-32-30-28-24-22-20-17-14-11-8-5-2)49-54(59)56-52(50-57)53(58)47-44-41-38-34-18-15-12-9-6-3/h8,11,17,20,24,27-29,32,35,40,43,51-53,57-58H,4-7,9-10,12-16,18-19,21-23,25-26,30-31,33-34,36-39,41-42,44-50H2,1-3H3,(H,56,59)/b11-8-,20-17-,28-24-,29-27+,35-32-,43-40-. The lowest BCUT2D eigenvalue weighted by atomic mass is 10.0. The van der Waals surface area contributed by atoms with Crippen LogP contribution in [0.15, 0.2) is 72.9 Å². The van der Waals surface area contributed by atoms with Gasteiger partial charge in [0, 0.05) is 12.8 Å². The number of allylic oxidation sites excluding steroid dienone is 11. The van der Waals surface area contributed by atoms with Crippen molar-refractivity contribution in [2.24, 2.45) is 0 Å². The van der Waals surface area contributed by atoms with Crippen LogP contribution in [0.1, 0.15) is 239 Å². The Labute approximate surface area is 377 Å². The van der Waals surface area contributed by atoms with Gasteiger partial charge < -0.3 is 20.3 Å². The highest BCUT2D eigenvalue weighted by atomic mass is 16.5. The molecule has 0 aliphatic rings. The van der Waals surface area contributed by atoms with Gasteiger partial charge in [-0.15, -0.1) is 0 Å². The second-order valence-electron chi connectivity index (χ2n) is 17.2. The van der Waals surface area contributed by atoms with Gasteiger partial charge in [0.1, 0.15) is 6.10 Å². The highest BCUT2D eigenvalue weighted by Gasteiger charge is 2.23. The summed E-state index contributed by atoms with van der Waals surface area (Å²) in [6, 6.07) is -0.734. The maximum Gasteiger partial charge on any atom is 0.306 e. The summed E-state index contributed by atoms with van der Waals surface area (Å²) in [5.41, 5.74) is 0. The molecule has 3 unspecified atom stereocenters. The minimum absolute atomic E-state index is 0.00601. The van der Waals surface area contributed by atoms with E-state index in [-0.39, 0.29) is 24.9 Å². The summed E-state index contributed by atoms with van der Waals surface area (Å²) in [4.78, 5) is 26.1. The van der Waals surface area contributed by atoms with Crippen molar-refractivity contribution in [3.8, 4) is 0 Å². The lowest BCUT2D eigenvalue weighted by molar-refractivity contribution is -0.150. The van der Waals surface area contributed by atoms with Crippen LogP contribution in [-0.2, 0) is 14.3 Å². The number of aliphatic hydroxyl groups is 2. The van der Waals surface area contributed by atoms with E-state index in [4.69, 9.17) is 4.74 Å². The second kappa shape index (κ2) is 48.3. The molecule has 0 fully saturated rings. The molecule has 0 rings (SSSR count). The molecule has 61 heavy (non-hydrogen) atoms. The molecule has 0 radical (unpaired) electrons. The summed E-state index contributed by atoms with van der Waals surface area (Å²) in [5, 5.41) is 23.6. The van der Waals surface area contributed by atoms with Crippen LogP contribution in [0.2, 0.25) is 0 Å². The van der Waals surface area contributed by atoms with Gasteiger partial charge in [-0.2, -0.15) is 0 Å². The molecule has 0 aromatic rings. The minimum atomic E-state index is -0.814. The first-order chi connectivity index (χ1) is 30.0. The Balaban J connectivity index is 4.69. The van der Waals surface area contributed by atoms with Crippen molar-refractivity contribution in [2.45, 2.75) is 257 Å². The van der Waals surface area contributed by atoms with Gasteiger partial charge in [0.25, 0.3) is 0 Å². The number of esters is 1. The van der Waals surface area contributed by atoms with E-state index in [2.05, 4.69) is 86.8 Å². The zero-order chi connectivity index (χ0) is 44.5. The van der Waals surface area contributed by atoms with Crippen molar-refractivity contribution in [1.82, 2.24) is 5.32 Å². The quantitative estimate of drug-likeness (QED) is 0.0322. The fourth-order valence-corrected chi connectivity index (χ4v) is 7.39. The highest BCUT2D eigenvalue weighted by molar-refractivity contribution is 5.77. The second-order valence-corrected chi connectivity index (χ2v) is 17.2. The number of amides is 1. The number of ether oxygens (including phenoxy) is 1. The van der Waals surface area contributed by atoms with Gasteiger partial charge in [-0.3, -0.25) is 9.59 Å². The van der Waals surface area contributed by atoms with E-state index >= 15 is 0 Å². The molecule has 352 valence electrons. The Hall–Kier alpha value is -2.70. The molecule has 3 N–H and O–H groups in total. The predicted octanol–water partition coefficient (Wildman–Crippen LogP) is 15.4. The largest absolute Gasteiger partial charge is 0.461 e. The van der Waals surface area contributed by atoms with E-state index in [1.54, 1.807) is 0 Å². The topological polar surface area (TPSA) is 95.9 Å². The normalized spacial score (nSPS) is 13.9. The van der Waals surface area contributed by atoms with E-state index in [1.807, 2.05) is 12.2 Å². The van der Waals surface area contributed by atoms with Gasteiger partial charge >= 0.3 is 5.97 Å². The van der Waals surface area contributed by atoms with E-state index in [0.717, 1.165) is 77.0 Å². The SMILES string of the molecule is CC/C=C\C/C=C\C/C=C\C/C=C\C/C=C\CC(CC(=O)NC(CO)C(O)CCCCCCCCCCC)OC(=O)CCCCCCC/C=C/CCCCCCCCCCC. The summed E-state index contributed by atoms with van der Waals surface area (Å²) in [7, 11) is 0. The lowest BCUT2D eigenvalue weighted by Gasteiger charge is -2.24. The smallest absolute Gasteiger partial charge is 0.306 e. The van der Waals surface area contributed by atoms with Gasteiger partial charge in [0.05, 0.1) is 25.2 Å². The number of carbonyl (C=O) groups is 2. The first kappa shape index (κ1) is 58.3. The van der Waals surface area contributed by atoms with Gasteiger partial charge in [-0.25, -0.2) is 0 Å². The molecule has 1 amide bonds. The van der Waals surface area contributed by atoms with E-state index in [9.17, 15) is 19.8 Å². The molecule has 3 atom stereocenters. The molecule has 0 saturated heterocycles. The first-order valence-corrected chi connectivity index (χ1v) is 25.7. The monoisotopic (exact) mass is 852 g/mol. The van der Waals surface area contributed by atoms with E-state index < -0.39 is 18.2 Å². The summed E-state index contributed by atoms with van der Waals surface area (Å²) in [6.07, 6.45) is 61.3. The fourth-order valence-electron chi connectivity index (χ4n) is 7.39. The highest BCUT2D eigenvalue weighted by Crippen LogP contribution is 2.16. The number of carbonyl (C=O) groups excluding carboxylic acids is 2.